The van der Waals surface area contributed by atoms with E-state index in [2.05, 4.69) is 21.4 Å². The van der Waals surface area contributed by atoms with Crippen molar-refractivity contribution in [1.29, 1.82) is 0 Å². The van der Waals surface area contributed by atoms with Crippen molar-refractivity contribution in [3.63, 3.8) is 0 Å². The van der Waals surface area contributed by atoms with E-state index in [1.165, 1.54) is 0 Å². The molecule has 3 aromatic rings. The molecule has 1 N–H and O–H groups in total. The second kappa shape index (κ2) is 6.75. The minimum Gasteiger partial charge on any atom is -0.388 e. The molecule has 0 radical (unpaired) electrons. The van der Waals surface area contributed by atoms with Gasteiger partial charge in [-0.2, -0.15) is 0 Å². The number of pyridine rings is 2. The number of carbonyl (C=O) groups is 1. The van der Waals surface area contributed by atoms with Crippen molar-refractivity contribution in [1.82, 2.24) is 14.9 Å². The van der Waals surface area contributed by atoms with Crippen LogP contribution in [-0.2, 0) is 0 Å². The van der Waals surface area contributed by atoms with E-state index in [-0.39, 0.29) is 11.8 Å². The third-order valence-corrected chi connectivity index (χ3v) is 5.01. The maximum atomic E-state index is 12.9. The van der Waals surface area contributed by atoms with E-state index in [4.69, 9.17) is 0 Å². The van der Waals surface area contributed by atoms with Crippen LogP contribution in [0.3, 0.4) is 0 Å². The van der Waals surface area contributed by atoms with E-state index < -0.39 is 0 Å². The van der Waals surface area contributed by atoms with Gasteiger partial charge in [0.05, 0.1) is 5.52 Å². The maximum absolute atomic E-state index is 12.9. The minimum atomic E-state index is 0.0831. The fraction of sp³-hybridized carbons (Fsp3) is 0.286. The van der Waals surface area contributed by atoms with Crippen molar-refractivity contribution in [2.24, 2.45) is 0 Å². The van der Waals surface area contributed by atoms with Crippen LogP contribution >= 0.6 is 0 Å². The first kappa shape index (κ1) is 16.5. The van der Waals surface area contributed by atoms with E-state index in [1.54, 1.807) is 6.20 Å². The highest BCUT2D eigenvalue weighted by atomic mass is 16.2. The van der Waals surface area contributed by atoms with Crippen LogP contribution in [0.4, 0.5) is 5.69 Å². The number of hydrogen-bond acceptors (Lipinski definition) is 4. The number of nitrogens with zero attached hydrogens (tertiary/aromatic N) is 3. The van der Waals surface area contributed by atoms with Gasteiger partial charge in [-0.15, -0.1) is 0 Å². The molecule has 1 aliphatic heterocycles. The number of amides is 1. The Bertz CT molecular complexity index is 969. The van der Waals surface area contributed by atoms with Crippen LogP contribution in [0, 0.1) is 6.92 Å². The van der Waals surface area contributed by atoms with Crippen LogP contribution < -0.4 is 5.32 Å². The molecule has 1 atom stereocenters. The van der Waals surface area contributed by atoms with E-state index in [0.717, 1.165) is 46.5 Å². The van der Waals surface area contributed by atoms with E-state index in [9.17, 15) is 4.79 Å². The van der Waals surface area contributed by atoms with Gasteiger partial charge in [-0.1, -0.05) is 6.07 Å². The molecule has 1 unspecified atom stereocenters. The van der Waals surface area contributed by atoms with E-state index in [0.29, 0.717) is 6.54 Å². The Morgan fingerprint density at radius 3 is 2.96 bits per heavy atom. The molecular weight excluding hydrogens is 324 g/mol. The summed E-state index contributed by atoms with van der Waals surface area (Å²) in [6.45, 7) is 3.48. The highest BCUT2D eigenvalue weighted by Crippen LogP contribution is 2.29. The fourth-order valence-electron chi connectivity index (χ4n) is 3.63. The SMILES string of the molecule is CNc1cc(C)nc(C2CCN(C(=O)c3ccc4ncccc4c3)C2)c1. The highest BCUT2D eigenvalue weighted by Gasteiger charge is 2.29. The Hall–Kier alpha value is -2.95. The molecule has 26 heavy (non-hydrogen) atoms. The Morgan fingerprint density at radius 1 is 1.23 bits per heavy atom. The Kier molecular flexibility index (Phi) is 4.29. The third-order valence-electron chi connectivity index (χ3n) is 5.01. The van der Waals surface area contributed by atoms with Gasteiger partial charge < -0.3 is 10.2 Å². The number of aryl methyl sites for hydroxylation is 1. The quantitative estimate of drug-likeness (QED) is 0.787. The summed E-state index contributed by atoms with van der Waals surface area (Å²) in [5, 5.41) is 4.18. The lowest BCUT2D eigenvalue weighted by atomic mass is 10.0. The lowest BCUT2D eigenvalue weighted by Gasteiger charge is -2.17. The van der Waals surface area contributed by atoms with Crippen molar-refractivity contribution in [3.8, 4) is 0 Å². The van der Waals surface area contributed by atoms with Crippen LogP contribution in [0.2, 0.25) is 0 Å². The number of likely N-dealkylation sites (tertiary alicyclic amines) is 1. The van der Waals surface area contributed by atoms with Crippen LogP contribution in [0.5, 0.6) is 0 Å². The van der Waals surface area contributed by atoms with Crippen molar-refractivity contribution < 1.29 is 4.79 Å². The summed E-state index contributed by atoms with van der Waals surface area (Å²) in [5.41, 5.74) is 4.76. The van der Waals surface area contributed by atoms with Crippen LogP contribution in [0.25, 0.3) is 10.9 Å². The number of anilines is 1. The molecule has 5 heteroatoms. The molecule has 1 saturated heterocycles. The van der Waals surface area contributed by atoms with Gasteiger partial charge in [0.15, 0.2) is 0 Å². The van der Waals surface area contributed by atoms with Crippen molar-refractivity contribution in [2.75, 3.05) is 25.5 Å². The molecule has 0 aliphatic carbocycles. The summed E-state index contributed by atoms with van der Waals surface area (Å²) in [6.07, 6.45) is 2.71. The zero-order valence-corrected chi connectivity index (χ0v) is 15.1. The molecule has 1 fully saturated rings. The number of aromatic nitrogens is 2. The van der Waals surface area contributed by atoms with Crippen molar-refractivity contribution in [2.45, 2.75) is 19.3 Å². The monoisotopic (exact) mass is 346 g/mol. The standard InChI is InChI=1S/C21H22N4O/c1-14-10-18(22-2)12-20(24-14)17-7-9-25(13-17)21(26)16-5-6-19-15(11-16)4-3-8-23-19/h3-6,8,10-12,17H,7,9,13H2,1-2H3,(H,22,24). The molecule has 0 saturated carbocycles. The Balaban J connectivity index is 1.54. The number of hydrogen-bond donors (Lipinski definition) is 1. The lowest BCUT2D eigenvalue weighted by Crippen LogP contribution is -2.28. The van der Waals surface area contributed by atoms with Crippen molar-refractivity contribution in [3.05, 3.63) is 65.6 Å². The molecule has 4 rings (SSSR count). The average molecular weight is 346 g/mol. The molecule has 1 amide bonds. The third kappa shape index (κ3) is 3.12. The predicted octanol–water partition coefficient (Wildman–Crippen LogP) is 3.61. The smallest absolute Gasteiger partial charge is 0.253 e. The zero-order valence-electron chi connectivity index (χ0n) is 15.1. The van der Waals surface area contributed by atoms with Gasteiger partial charge in [-0.3, -0.25) is 14.8 Å². The molecule has 5 nitrogen and oxygen atoms in total. The fourth-order valence-corrected chi connectivity index (χ4v) is 3.63. The lowest BCUT2D eigenvalue weighted by molar-refractivity contribution is 0.0791. The Morgan fingerprint density at radius 2 is 2.12 bits per heavy atom. The minimum absolute atomic E-state index is 0.0831. The van der Waals surface area contributed by atoms with Crippen LogP contribution in [0.15, 0.2) is 48.7 Å². The van der Waals surface area contributed by atoms with E-state index in [1.807, 2.05) is 55.3 Å². The van der Waals surface area contributed by atoms with Crippen LogP contribution in [0.1, 0.15) is 34.1 Å². The number of rotatable bonds is 3. The molecule has 0 spiro atoms. The van der Waals surface area contributed by atoms with Gasteiger partial charge in [0, 0.05) is 60.3 Å². The summed E-state index contributed by atoms with van der Waals surface area (Å²) in [5.74, 6) is 0.368. The molecule has 1 aliphatic rings. The summed E-state index contributed by atoms with van der Waals surface area (Å²) >= 11 is 0. The average Bonchev–Trinajstić information content (AvgIpc) is 3.16. The molecule has 132 valence electrons. The number of nitrogens with one attached hydrogen (secondary N) is 1. The molecule has 2 aromatic heterocycles. The molecular formula is C21H22N4O. The van der Waals surface area contributed by atoms with Gasteiger partial charge in [0.2, 0.25) is 0 Å². The predicted molar refractivity (Wildman–Crippen MR) is 104 cm³/mol. The van der Waals surface area contributed by atoms with Crippen molar-refractivity contribution >= 4 is 22.5 Å². The topological polar surface area (TPSA) is 58.1 Å². The molecule has 1 aromatic carbocycles. The number of fused-ring (bicyclic) bond motifs is 1. The maximum Gasteiger partial charge on any atom is 0.253 e. The highest BCUT2D eigenvalue weighted by molar-refractivity contribution is 5.98. The Labute approximate surface area is 153 Å². The normalized spacial score (nSPS) is 16.8. The van der Waals surface area contributed by atoms with Gasteiger partial charge >= 0.3 is 0 Å². The molecule has 0 bridgehead atoms. The van der Waals surface area contributed by atoms with Gasteiger partial charge in [-0.05, 0) is 49.7 Å². The number of benzene rings is 1. The van der Waals surface area contributed by atoms with Gasteiger partial charge in [0.25, 0.3) is 5.91 Å². The second-order valence-electron chi connectivity index (χ2n) is 6.82. The van der Waals surface area contributed by atoms with E-state index >= 15 is 0 Å². The first-order valence-corrected chi connectivity index (χ1v) is 8.94. The van der Waals surface area contributed by atoms with Crippen LogP contribution in [-0.4, -0.2) is 40.9 Å². The zero-order chi connectivity index (χ0) is 18.1. The van der Waals surface area contributed by atoms with Gasteiger partial charge in [0.1, 0.15) is 0 Å². The summed E-state index contributed by atoms with van der Waals surface area (Å²) in [7, 11) is 1.91. The first-order valence-electron chi connectivity index (χ1n) is 8.94. The van der Waals surface area contributed by atoms with Gasteiger partial charge in [-0.25, -0.2) is 0 Å². The molecule has 3 heterocycles. The summed E-state index contributed by atoms with van der Waals surface area (Å²) in [4.78, 5) is 23.9. The first-order chi connectivity index (χ1) is 12.6. The largest absolute Gasteiger partial charge is 0.388 e. The number of carbonyl (C=O) groups excluding carboxylic acids is 1. The second-order valence-corrected chi connectivity index (χ2v) is 6.82. The summed E-state index contributed by atoms with van der Waals surface area (Å²) in [6, 6.07) is 13.7. The summed E-state index contributed by atoms with van der Waals surface area (Å²) < 4.78 is 0.